The molecule has 0 atom stereocenters. The standard InChI is InChI=1S/C18H18N2O5/c1-12(21)19-14-6-8-15(9-7-14)20-17(22)11-25-18(23)13-4-3-5-16(10-13)24-2/h3-10H,11H2,1-2H3,(H,19,21)(H,20,22). The highest BCUT2D eigenvalue weighted by Crippen LogP contribution is 2.15. The summed E-state index contributed by atoms with van der Waals surface area (Å²) in [6.07, 6.45) is 0. The third kappa shape index (κ3) is 5.65. The molecule has 2 rings (SSSR count). The Labute approximate surface area is 144 Å². The fourth-order valence-electron chi connectivity index (χ4n) is 2.00. The summed E-state index contributed by atoms with van der Waals surface area (Å²) in [7, 11) is 1.50. The van der Waals surface area contributed by atoms with Gasteiger partial charge in [0.15, 0.2) is 6.61 Å². The van der Waals surface area contributed by atoms with Gasteiger partial charge in [0.1, 0.15) is 5.75 Å². The van der Waals surface area contributed by atoms with Gasteiger partial charge in [0.25, 0.3) is 5.91 Å². The Balaban J connectivity index is 1.85. The van der Waals surface area contributed by atoms with Crippen LogP contribution in [0.1, 0.15) is 17.3 Å². The van der Waals surface area contributed by atoms with Crippen molar-refractivity contribution < 1.29 is 23.9 Å². The van der Waals surface area contributed by atoms with Crippen molar-refractivity contribution in [3.63, 3.8) is 0 Å². The highest BCUT2D eigenvalue weighted by atomic mass is 16.5. The van der Waals surface area contributed by atoms with Gasteiger partial charge in [0.2, 0.25) is 5.91 Å². The molecule has 2 N–H and O–H groups in total. The first-order valence-corrected chi connectivity index (χ1v) is 7.46. The predicted molar refractivity (Wildman–Crippen MR) is 92.7 cm³/mol. The smallest absolute Gasteiger partial charge is 0.338 e. The Hall–Kier alpha value is -3.35. The average Bonchev–Trinajstić information content (AvgIpc) is 2.61. The van der Waals surface area contributed by atoms with E-state index in [1.807, 2.05) is 0 Å². The van der Waals surface area contributed by atoms with Crippen LogP contribution in [-0.2, 0) is 14.3 Å². The second-order valence-electron chi connectivity index (χ2n) is 5.11. The van der Waals surface area contributed by atoms with E-state index in [9.17, 15) is 14.4 Å². The van der Waals surface area contributed by atoms with Crippen molar-refractivity contribution in [3.05, 3.63) is 54.1 Å². The summed E-state index contributed by atoms with van der Waals surface area (Å²) in [5.74, 6) is -0.738. The number of benzene rings is 2. The highest BCUT2D eigenvalue weighted by Gasteiger charge is 2.11. The molecule has 0 saturated heterocycles. The minimum absolute atomic E-state index is 0.179. The third-order valence-corrected chi connectivity index (χ3v) is 3.13. The maximum absolute atomic E-state index is 11.9. The summed E-state index contributed by atoms with van der Waals surface area (Å²) in [4.78, 5) is 34.7. The van der Waals surface area contributed by atoms with E-state index in [1.165, 1.54) is 20.1 Å². The first-order valence-electron chi connectivity index (χ1n) is 7.46. The maximum Gasteiger partial charge on any atom is 0.338 e. The van der Waals surface area contributed by atoms with Gasteiger partial charge in [-0.2, -0.15) is 0 Å². The largest absolute Gasteiger partial charge is 0.497 e. The molecule has 0 radical (unpaired) electrons. The molecule has 0 bridgehead atoms. The van der Waals surface area contributed by atoms with E-state index in [-0.39, 0.29) is 5.91 Å². The van der Waals surface area contributed by atoms with Crippen molar-refractivity contribution in [2.24, 2.45) is 0 Å². The van der Waals surface area contributed by atoms with Gasteiger partial charge in [0, 0.05) is 18.3 Å². The van der Waals surface area contributed by atoms with E-state index in [0.29, 0.717) is 22.7 Å². The van der Waals surface area contributed by atoms with Gasteiger partial charge < -0.3 is 20.1 Å². The number of nitrogens with one attached hydrogen (secondary N) is 2. The quantitative estimate of drug-likeness (QED) is 0.787. The topological polar surface area (TPSA) is 93.7 Å². The predicted octanol–water partition coefficient (Wildman–Crippen LogP) is 2.45. The van der Waals surface area contributed by atoms with E-state index < -0.39 is 18.5 Å². The van der Waals surface area contributed by atoms with E-state index in [2.05, 4.69) is 10.6 Å². The van der Waals surface area contributed by atoms with Crippen LogP contribution in [0.4, 0.5) is 11.4 Å². The summed E-state index contributed by atoms with van der Waals surface area (Å²) >= 11 is 0. The highest BCUT2D eigenvalue weighted by molar-refractivity contribution is 5.96. The van der Waals surface area contributed by atoms with Crippen molar-refractivity contribution in [1.82, 2.24) is 0 Å². The number of anilines is 2. The molecule has 0 aromatic heterocycles. The van der Waals surface area contributed by atoms with Gasteiger partial charge in [-0.25, -0.2) is 4.79 Å². The zero-order valence-corrected chi connectivity index (χ0v) is 13.9. The average molecular weight is 342 g/mol. The Bertz CT molecular complexity index is 771. The van der Waals surface area contributed by atoms with Crippen LogP contribution < -0.4 is 15.4 Å². The Morgan fingerprint density at radius 1 is 0.960 bits per heavy atom. The lowest BCUT2D eigenvalue weighted by Gasteiger charge is -2.08. The van der Waals surface area contributed by atoms with Crippen molar-refractivity contribution in [3.8, 4) is 5.75 Å². The lowest BCUT2D eigenvalue weighted by Crippen LogP contribution is -2.21. The molecule has 0 fully saturated rings. The van der Waals surface area contributed by atoms with Crippen LogP contribution in [0.15, 0.2) is 48.5 Å². The second-order valence-corrected chi connectivity index (χ2v) is 5.11. The van der Waals surface area contributed by atoms with Crippen molar-refractivity contribution in [1.29, 1.82) is 0 Å². The molecule has 130 valence electrons. The first-order chi connectivity index (χ1) is 12.0. The molecule has 0 aliphatic rings. The van der Waals surface area contributed by atoms with Crippen LogP contribution in [-0.4, -0.2) is 31.5 Å². The van der Waals surface area contributed by atoms with Gasteiger partial charge in [0.05, 0.1) is 12.7 Å². The number of ether oxygens (including phenoxy) is 2. The van der Waals surface area contributed by atoms with Gasteiger partial charge in [-0.1, -0.05) is 6.07 Å². The number of amides is 2. The van der Waals surface area contributed by atoms with E-state index in [4.69, 9.17) is 9.47 Å². The van der Waals surface area contributed by atoms with Gasteiger partial charge in [-0.3, -0.25) is 9.59 Å². The number of carbonyl (C=O) groups excluding carboxylic acids is 3. The molecule has 0 heterocycles. The summed E-state index contributed by atoms with van der Waals surface area (Å²) in [5, 5.41) is 5.22. The Kier molecular flexibility index (Phi) is 6.11. The molecule has 2 amide bonds. The number of hydrogen-bond donors (Lipinski definition) is 2. The normalized spacial score (nSPS) is 9.84. The minimum atomic E-state index is -0.616. The van der Waals surface area contributed by atoms with Crippen LogP contribution in [0.25, 0.3) is 0 Å². The Morgan fingerprint density at radius 3 is 2.20 bits per heavy atom. The van der Waals surface area contributed by atoms with Crippen LogP contribution in [0.5, 0.6) is 5.75 Å². The summed E-state index contributed by atoms with van der Waals surface area (Å²) in [5.41, 5.74) is 1.44. The number of rotatable bonds is 6. The summed E-state index contributed by atoms with van der Waals surface area (Å²) < 4.78 is 10.0. The number of carbonyl (C=O) groups is 3. The van der Waals surface area contributed by atoms with Crippen molar-refractivity contribution in [2.45, 2.75) is 6.92 Å². The van der Waals surface area contributed by atoms with Gasteiger partial charge in [-0.15, -0.1) is 0 Å². The van der Waals surface area contributed by atoms with Crippen LogP contribution in [0.3, 0.4) is 0 Å². The van der Waals surface area contributed by atoms with Gasteiger partial charge >= 0.3 is 5.97 Å². The molecule has 0 saturated carbocycles. The molecule has 0 aliphatic heterocycles. The number of methoxy groups -OCH3 is 1. The molecule has 0 spiro atoms. The first kappa shape index (κ1) is 18.0. The van der Waals surface area contributed by atoms with Crippen LogP contribution in [0, 0.1) is 0 Å². The lowest BCUT2D eigenvalue weighted by atomic mass is 10.2. The van der Waals surface area contributed by atoms with Crippen molar-refractivity contribution >= 4 is 29.2 Å². The van der Waals surface area contributed by atoms with Gasteiger partial charge in [-0.05, 0) is 42.5 Å². The van der Waals surface area contributed by atoms with Crippen LogP contribution in [0.2, 0.25) is 0 Å². The monoisotopic (exact) mass is 342 g/mol. The zero-order valence-electron chi connectivity index (χ0n) is 13.9. The molecular formula is C18H18N2O5. The lowest BCUT2D eigenvalue weighted by molar-refractivity contribution is -0.119. The zero-order chi connectivity index (χ0) is 18.2. The fraction of sp³-hybridized carbons (Fsp3) is 0.167. The minimum Gasteiger partial charge on any atom is -0.497 e. The molecule has 0 unspecified atom stereocenters. The molecular weight excluding hydrogens is 324 g/mol. The second kappa shape index (κ2) is 8.49. The third-order valence-electron chi connectivity index (χ3n) is 3.13. The van der Waals surface area contributed by atoms with E-state index >= 15 is 0 Å². The number of esters is 1. The molecule has 25 heavy (non-hydrogen) atoms. The fourth-order valence-corrected chi connectivity index (χ4v) is 2.00. The van der Waals surface area contributed by atoms with Crippen molar-refractivity contribution in [2.75, 3.05) is 24.4 Å². The molecule has 7 heteroatoms. The molecule has 2 aromatic carbocycles. The van der Waals surface area contributed by atoms with Crippen LogP contribution >= 0.6 is 0 Å². The molecule has 7 nitrogen and oxygen atoms in total. The molecule has 2 aromatic rings. The SMILES string of the molecule is COc1cccc(C(=O)OCC(=O)Nc2ccc(NC(C)=O)cc2)c1. The van der Waals surface area contributed by atoms with E-state index in [0.717, 1.165) is 0 Å². The Morgan fingerprint density at radius 2 is 1.60 bits per heavy atom. The maximum atomic E-state index is 11.9. The summed E-state index contributed by atoms with van der Waals surface area (Å²) in [6.45, 7) is 0.996. The number of hydrogen-bond acceptors (Lipinski definition) is 5. The van der Waals surface area contributed by atoms with E-state index in [1.54, 1.807) is 42.5 Å². The summed E-state index contributed by atoms with van der Waals surface area (Å²) in [6, 6.07) is 13.0. The molecule has 0 aliphatic carbocycles.